The Morgan fingerprint density at radius 1 is 1.19 bits per heavy atom. The molecule has 2 aliphatic heterocycles. The fraction of sp³-hybridized carbons (Fsp3) is 0.400. The first-order valence-electron chi connectivity index (χ1n) is 12.1. The van der Waals surface area contributed by atoms with Gasteiger partial charge in [0.15, 0.2) is 17.1 Å². The molecule has 0 amide bonds. The molecule has 3 aromatic rings. The number of nitrogens with zero attached hydrogens (tertiary/aromatic N) is 4. The maximum atomic E-state index is 13.3. The quantitative estimate of drug-likeness (QED) is 0.468. The minimum Gasteiger partial charge on any atom is -0.501 e. The van der Waals surface area contributed by atoms with Crippen molar-refractivity contribution in [3.8, 4) is 5.75 Å². The Kier molecular flexibility index (Phi) is 6.86. The molecule has 0 radical (unpaired) electrons. The number of morpholine rings is 1. The highest BCUT2D eigenvalue weighted by Crippen LogP contribution is 2.32. The van der Waals surface area contributed by atoms with E-state index in [1.807, 2.05) is 24.0 Å². The monoisotopic (exact) mass is 546 g/mol. The van der Waals surface area contributed by atoms with Crippen LogP contribution in [0, 0.1) is 6.92 Å². The summed E-state index contributed by atoms with van der Waals surface area (Å²) in [7, 11) is -3.61. The molecule has 2 aliphatic rings. The van der Waals surface area contributed by atoms with Crippen LogP contribution < -0.4 is 14.8 Å². The number of aromatic nitrogens is 2. The van der Waals surface area contributed by atoms with Gasteiger partial charge in [-0.15, -0.1) is 0 Å². The lowest BCUT2D eigenvalue weighted by atomic mass is 10.0. The van der Waals surface area contributed by atoms with Gasteiger partial charge in [-0.3, -0.25) is 18.3 Å². The predicted molar refractivity (Wildman–Crippen MR) is 141 cm³/mol. The number of fused-ring (bicyclic) bond motifs is 1. The van der Waals surface area contributed by atoms with Gasteiger partial charge in [-0.2, -0.15) is 0 Å². The Morgan fingerprint density at radius 3 is 2.62 bits per heavy atom. The lowest BCUT2D eigenvalue weighted by Gasteiger charge is -2.30. The molecule has 5 rings (SSSR count). The first-order chi connectivity index (χ1) is 17.7. The number of benzene rings is 1. The number of Topliss-reactive ketones (excluding diaryl/α,β-unsaturated/α-hetero) is 1. The lowest BCUT2D eigenvalue weighted by Crippen LogP contribution is -2.37. The molecule has 2 fully saturated rings. The molecule has 0 spiro atoms. The van der Waals surface area contributed by atoms with Gasteiger partial charge < -0.3 is 14.7 Å². The SMILES string of the molecule is Cc1cc(CCC(=O)c2nc3c(N4CCCS4(=O)=O)cc(N4CCOCC4)cn3c(=O)c2O)ccc1Cl. The zero-order valence-corrected chi connectivity index (χ0v) is 21.9. The number of hydrogen-bond donors (Lipinski definition) is 1. The van der Waals surface area contributed by atoms with Gasteiger partial charge in [0.05, 0.1) is 30.3 Å². The number of rotatable bonds is 6. The summed E-state index contributed by atoms with van der Waals surface area (Å²) >= 11 is 6.08. The minimum atomic E-state index is -3.61. The van der Waals surface area contributed by atoms with Gasteiger partial charge in [0.25, 0.3) is 0 Å². The molecule has 12 heteroatoms. The van der Waals surface area contributed by atoms with E-state index in [0.717, 1.165) is 15.5 Å². The van der Waals surface area contributed by atoms with Gasteiger partial charge in [0, 0.05) is 37.3 Å². The smallest absolute Gasteiger partial charge is 0.300 e. The van der Waals surface area contributed by atoms with Gasteiger partial charge in [-0.1, -0.05) is 23.7 Å². The van der Waals surface area contributed by atoms with Gasteiger partial charge in [-0.25, -0.2) is 13.4 Å². The lowest BCUT2D eigenvalue weighted by molar-refractivity contribution is 0.0975. The molecule has 0 atom stereocenters. The van der Waals surface area contributed by atoms with Crippen molar-refractivity contribution in [2.24, 2.45) is 0 Å². The standard InChI is InChI=1S/C25H27ClN4O6S/c1-16-13-17(3-5-19(16)26)4-6-21(31)22-23(32)25(33)29-15-18(28-8-10-36-11-9-28)14-20(24(29)27-22)30-7-2-12-37(30,34)35/h3,5,13-15,32H,2,4,6-12H2,1H3. The molecule has 2 saturated heterocycles. The number of pyridine rings is 1. The number of hydrogen-bond acceptors (Lipinski definition) is 8. The summed E-state index contributed by atoms with van der Waals surface area (Å²) in [5.41, 5.74) is 1.39. The van der Waals surface area contributed by atoms with Crippen molar-refractivity contribution < 1.29 is 23.1 Å². The van der Waals surface area contributed by atoms with Crippen LogP contribution in [0.5, 0.6) is 5.75 Å². The molecule has 0 unspecified atom stereocenters. The Labute approximate surface area is 219 Å². The largest absolute Gasteiger partial charge is 0.501 e. The summed E-state index contributed by atoms with van der Waals surface area (Å²) in [5, 5.41) is 11.3. The second-order valence-electron chi connectivity index (χ2n) is 9.24. The van der Waals surface area contributed by atoms with Crippen LogP contribution in [0.1, 0.15) is 34.5 Å². The van der Waals surface area contributed by atoms with E-state index in [1.54, 1.807) is 12.1 Å². The summed E-state index contributed by atoms with van der Waals surface area (Å²) in [6, 6.07) is 7.12. The third kappa shape index (κ3) is 4.90. The fourth-order valence-electron chi connectivity index (χ4n) is 4.72. The number of anilines is 2. The zero-order chi connectivity index (χ0) is 26.3. The van der Waals surface area contributed by atoms with E-state index in [0.29, 0.717) is 49.9 Å². The van der Waals surface area contributed by atoms with Gasteiger partial charge >= 0.3 is 5.56 Å². The van der Waals surface area contributed by atoms with Crippen LogP contribution in [0.3, 0.4) is 0 Å². The molecule has 1 aromatic carbocycles. The van der Waals surface area contributed by atoms with Crippen LogP contribution in [0.2, 0.25) is 5.02 Å². The van der Waals surface area contributed by atoms with Crippen molar-refractivity contribution >= 4 is 44.4 Å². The molecule has 0 aliphatic carbocycles. The van der Waals surface area contributed by atoms with Crippen LogP contribution in [0.15, 0.2) is 35.3 Å². The van der Waals surface area contributed by atoms with Crippen LogP contribution >= 0.6 is 11.6 Å². The highest BCUT2D eigenvalue weighted by molar-refractivity contribution is 7.93. The highest BCUT2D eigenvalue weighted by atomic mass is 35.5. The Bertz CT molecular complexity index is 1550. The Balaban J connectivity index is 1.58. The van der Waals surface area contributed by atoms with E-state index >= 15 is 0 Å². The molecule has 0 bridgehead atoms. The molecule has 196 valence electrons. The van der Waals surface area contributed by atoms with E-state index in [-0.39, 0.29) is 35.7 Å². The number of aromatic hydroxyl groups is 1. The molecule has 0 saturated carbocycles. The van der Waals surface area contributed by atoms with Crippen molar-refractivity contribution in [3.63, 3.8) is 0 Å². The first-order valence-corrected chi connectivity index (χ1v) is 14.0. The van der Waals surface area contributed by atoms with Crippen LogP contribution in [0.4, 0.5) is 11.4 Å². The topological polar surface area (TPSA) is 122 Å². The normalized spacial score (nSPS) is 17.5. The summed E-state index contributed by atoms with van der Waals surface area (Å²) < 4.78 is 33.4. The van der Waals surface area contributed by atoms with Crippen LogP contribution in [0.25, 0.3) is 5.65 Å². The fourth-order valence-corrected chi connectivity index (χ4v) is 6.39. The van der Waals surface area contributed by atoms with E-state index in [9.17, 15) is 23.1 Å². The Hall–Kier alpha value is -3.15. The summed E-state index contributed by atoms with van der Waals surface area (Å²) in [4.78, 5) is 32.7. The molecule has 37 heavy (non-hydrogen) atoms. The summed E-state index contributed by atoms with van der Waals surface area (Å²) in [5.74, 6) is -1.29. The van der Waals surface area contributed by atoms with E-state index in [4.69, 9.17) is 16.3 Å². The van der Waals surface area contributed by atoms with Gasteiger partial charge in [-0.05, 0) is 43.0 Å². The number of ether oxygens (including phenoxy) is 1. The van der Waals surface area contributed by atoms with Crippen molar-refractivity contribution in [3.05, 3.63) is 62.7 Å². The molecule has 1 N–H and O–H groups in total. The average Bonchev–Trinajstić information content (AvgIpc) is 3.25. The maximum Gasteiger partial charge on any atom is 0.300 e. The molecular formula is C25H27ClN4O6S. The van der Waals surface area contributed by atoms with Gasteiger partial charge in [0.2, 0.25) is 15.8 Å². The molecule has 10 nitrogen and oxygen atoms in total. The number of carbonyl (C=O) groups is 1. The number of ketones is 1. The van der Waals surface area contributed by atoms with Crippen molar-refractivity contribution in [2.75, 3.05) is 47.8 Å². The molecular weight excluding hydrogens is 520 g/mol. The van der Waals surface area contributed by atoms with Crippen LogP contribution in [-0.4, -0.2) is 67.3 Å². The van der Waals surface area contributed by atoms with Gasteiger partial charge in [0.1, 0.15) is 0 Å². The third-order valence-electron chi connectivity index (χ3n) is 6.74. The number of aryl methyl sites for hydroxylation is 2. The van der Waals surface area contributed by atoms with Crippen LogP contribution in [-0.2, 0) is 21.2 Å². The highest BCUT2D eigenvalue weighted by Gasteiger charge is 2.32. The Morgan fingerprint density at radius 2 is 1.95 bits per heavy atom. The van der Waals surface area contributed by atoms with Crippen molar-refractivity contribution in [2.45, 2.75) is 26.2 Å². The number of sulfonamides is 1. The predicted octanol–water partition coefficient (Wildman–Crippen LogP) is 2.55. The first kappa shape index (κ1) is 25.5. The summed E-state index contributed by atoms with van der Waals surface area (Å²) in [6.07, 6.45) is 2.32. The molecule has 4 heterocycles. The number of carbonyl (C=O) groups excluding carboxylic acids is 1. The summed E-state index contributed by atoms with van der Waals surface area (Å²) in [6.45, 7) is 4.22. The third-order valence-corrected chi connectivity index (χ3v) is 9.02. The minimum absolute atomic E-state index is 0.000450. The number of halogens is 1. The zero-order valence-electron chi connectivity index (χ0n) is 20.3. The molecule has 2 aromatic heterocycles. The average molecular weight is 547 g/mol. The second kappa shape index (κ2) is 9.96. The van der Waals surface area contributed by atoms with E-state index in [2.05, 4.69) is 4.98 Å². The maximum absolute atomic E-state index is 13.3. The van der Waals surface area contributed by atoms with E-state index < -0.39 is 27.1 Å². The van der Waals surface area contributed by atoms with Crippen molar-refractivity contribution in [1.82, 2.24) is 9.38 Å². The second-order valence-corrected chi connectivity index (χ2v) is 11.7. The van der Waals surface area contributed by atoms with E-state index in [1.165, 1.54) is 10.5 Å². The van der Waals surface area contributed by atoms with Crippen molar-refractivity contribution in [1.29, 1.82) is 0 Å².